The molecular formula is C13H20N4O2. The molecule has 104 valence electrons. The molecule has 1 fully saturated rings. The minimum absolute atomic E-state index is 0.129. The van der Waals surface area contributed by atoms with Crippen molar-refractivity contribution in [3.8, 4) is 0 Å². The van der Waals surface area contributed by atoms with Gasteiger partial charge in [0.15, 0.2) is 0 Å². The third-order valence-electron chi connectivity index (χ3n) is 3.41. The molecule has 0 saturated carbocycles. The zero-order chi connectivity index (χ0) is 13.7. The highest BCUT2D eigenvalue weighted by Crippen LogP contribution is 2.16. The van der Waals surface area contributed by atoms with Gasteiger partial charge in [-0.25, -0.2) is 0 Å². The van der Waals surface area contributed by atoms with E-state index in [-0.39, 0.29) is 10.6 Å². The fraction of sp³-hybridized carbons (Fsp3) is 0.538. The number of piperazine rings is 1. The van der Waals surface area contributed by atoms with Crippen molar-refractivity contribution < 1.29 is 4.92 Å². The number of hydrogen-bond donors (Lipinski definition) is 1. The first-order valence-electron chi connectivity index (χ1n) is 6.54. The standard InChI is InChI=1S/C13H20N4O2/c1-15-7-9-16(10-8-15)6-5-14-12-3-2-4-13(11-12)17(18)19/h2-4,11,14H,5-10H2,1H3. The van der Waals surface area contributed by atoms with E-state index in [0.717, 1.165) is 45.0 Å². The second-order valence-corrected chi connectivity index (χ2v) is 4.88. The molecular weight excluding hydrogens is 244 g/mol. The summed E-state index contributed by atoms with van der Waals surface area (Å²) >= 11 is 0. The monoisotopic (exact) mass is 264 g/mol. The van der Waals surface area contributed by atoms with E-state index < -0.39 is 0 Å². The summed E-state index contributed by atoms with van der Waals surface area (Å²) < 4.78 is 0. The van der Waals surface area contributed by atoms with E-state index in [4.69, 9.17) is 0 Å². The third-order valence-corrected chi connectivity index (χ3v) is 3.41. The van der Waals surface area contributed by atoms with Crippen molar-refractivity contribution >= 4 is 11.4 Å². The number of non-ortho nitro benzene ring substituents is 1. The summed E-state index contributed by atoms with van der Waals surface area (Å²) in [6, 6.07) is 6.64. The highest BCUT2D eigenvalue weighted by atomic mass is 16.6. The van der Waals surface area contributed by atoms with Crippen molar-refractivity contribution in [1.82, 2.24) is 9.80 Å². The number of nitrogens with one attached hydrogen (secondary N) is 1. The van der Waals surface area contributed by atoms with Crippen molar-refractivity contribution in [2.45, 2.75) is 0 Å². The summed E-state index contributed by atoms with van der Waals surface area (Å²) in [5, 5.41) is 13.9. The van der Waals surface area contributed by atoms with Crippen molar-refractivity contribution in [2.24, 2.45) is 0 Å². The lowest BCUT2D eigenvalue weighted by Gasteiger charge is -2.32. The number of hydrogen-bond acceptors (Lipinski definition) is 5. The lowest BCUT2D eigenvalue weighted by Crippen LogP contribution is -2.45. The summed E-state index contributed by atoms with van der Waals surface area (Å²) in [6.45, 7) is 6.18. The van der Waals surface area contributed by atoms with Gasteiger partial charge < -0.3 is 10.2 Å². The van der Waals surface area contributed by atoms with E-state index in [1.54, 1.807) is 12.1 Å². The molecule has 19 heavy (non-hydrogen) atoms. The zero-order valence-electron chi connectivity index (χ0n) is 11.2. The Morgan fingerprint density at radius 3 is 2.74 bits per heavy atom. The van der Waals surface area contributed by atoms with Crippen LogP contribution in [-0.2, 0) is 0 Å². The van der Waals surface area contributed by atoms with Gasteiger partial charge in [-0.2, -0.15) is 0 Å². The van der Waals surface area contributed by atoms with Crippen LogP contribution < -0.4 is 5.32 Å². The van der Waals surface area contributed by atoms with Crippen molar-refractivity contribution in [2.75, 3.05) is 51.6 Å². The van der Waals surface area contributed by atoms with Gasteiger partial charge in [-0.1, -0.05) is 6.07 Å². The predicted octanol–water partition coefficient (Wildman–Crippen LogP) is 1.25. The summed E-state index contributed by atoms with van der Waals surface area (Å²) in [5.74, 6) is 0. The van der Waals surface area contributed by atoms with Crippen molar-refractivity contribution in [3.05, 3.63) is 34.4 Å². The zero-order valence-corrected chi connectivity index (χ0v) is 11.2. The summed E-state index contributed by atoms with van der Waals surface area (Å²) in [7, 11) is 2.14. The molecule has 1 N–H and O–H groups in total. The lowest BCUT2D eigenvalue weighted by atomic mass is 10.3. The van der Waals surface area contributed by atoms with Crippen LogP contribution in [0.3, 0.4) is 0 Å². The minimum Gasteiger partial charge on any atom is -0.384 e. The fourth-order valence-corrected chi connectivity index (χ4v) is 2.16. The Morgan fingerprint density at radius 1 is 1.32 bits per heavy atom. The molecule has 0 aromatic heterocycles. The molecule has 6 nitrogen and oxygen atoms in total. The smallest absolute Gasteiger partial charge is 0.271 e. The predicted molar refractivity (Wildman–Crippen MR) is 75.5 cm³/mol. The normalized spacial score (nSPS) is 17.3. The van der Waals surface area contributed by atoms with Gasteiger partial charge in [-0.15, -0.1) is 0 Å². The Balaban J connectivity index is 1.76. The van der Waals surface area contributed by atoms with Crippen LogP contribution in [0.2, 0.25) is 0 Å². The van der Waals surface area contributed by atoms with E-state index in [2.05, 4.69) is 22.2 Å². The van der Waals surface area contributed by atoms with E-state index in [9.17, 15) is 10.1 Å². The lowest BCUT2D eigenvalue weighted by molar-refractivity contribution is -0.384. The Morgan fingerprint density at radius 2 is 2.05 bits per heavy atom. The van der Waals surface area contributed by atoms with E-state index in [0.29, 0.717) is 0 Å². The van der Waals surface area contributed by atoms with Crippen LogP contribution in [0.4, 0.5) is 11.4 Å². The maximum atomic E-state index is 10.7. The summed E-state index contributed by atoms with van der Waals surface area (Å²) in [6.07, 6.45) is 0. The van der Waals surface area contributed by atoms with Gasteiger partial charge in [-0.05, 0) is 13.1 Å². The summed E-state index contributed by atoms with van der Waals surface area (Å²) in [4.78, 5) is 15.0. The fourth-order valence-electron chi connectivity index (χ4n) is 2.16. The molecule has 1 aliphatic rings. The molecule has 1 aromatic carbocycles. The van der Waals surface area contributed by atoms with Gasteiger partial charge in [-0.3, -0.25) is 15.0 Å². The minimum atomic E-state index is -0.369. The SMILES string of the molecule is CN1CCN(CCNc2cccc([N+](=O)[O-])c2)CC1. The number of nitro groups is 1. The summed E-state index contributed by atoms with van der Waals surface area (Å²) in [5.41, 5.74) is 0.938. The number of anilines is 1. The van der Waals surface area contributed by atoms with E-state index >= 15 is 0 Å². The molecule has 1 saturated heterocycles. The average molecular weight is 264 g/mol. The number of benzene rings is 1. The molecule has 1 heterocycles. The van der Waals surface area contributed by atoms with Crippen LogP contribution >= 0.6 is 0 Å². The third kappa shape index (κ3) is 4.18. The molecule has 0 radical (unpaired) electrons. The van der Waals surface area contributed by atoms with E-state index in [1.165, 1.54) is 6.07 Å². The molecule has 1 aliphatic heterocycles. The Kier molecular flexibility index (Phi) is 4.70. The highest BCUT2D eigenvalue weighted by Gasteiger charge is 2.13. The van der Waals surface area contributed by atoms with E-state index in [1.807, 2.05) is 6.07 Å². The number of likely N-dealkylation sites (N-methyl/N-ethyl adjacent to an activating group) is 1. The quantitative estimate of drug-likeness (QED) is 0.640. The second-order valence-electron chi connectivity index (χ2n) is 4.88. The molecule has 0 amide bonds. The van der Waals surface area contributed by atoms with Gasteiger partial charge in [0.25, 0.3) is 5.69 Å². The molecule has 0 aliphatic carbocycles. The largest absolute Gasteiger partial charge is 0.384 e. The maximum absolute atomic E-state index is 10.7. The molecule has 0 atom stereocenters. The highest BCUT2D eigenvalue weighted by molar-refractivity contribution is 5.50. The van der Waals surface area contributed by atoms with Crippen LogP contribution in [0.1, 0.15) is 0 Å². The number of nitro benzene ring substituents is 1. The van der Waals surface area contributed by atoms with Gasteiger partial charge in [0.2, 0.25) is 0 Å². The molecule has 0 spiro atoms. The molecule has 2 rings (SSSR count). The first kappa shape index (κ1) is 13.8. The average Bonchev–Trinajstić information content (AvgIpc) is 2.41. The topological polar surface area (TPSA) is 61.6 Å². The second kappa shape index (κ2) is 6.49. The molecule has 0 bridgehead atoms. The Labute approximate surface area is 113 Å². The molecule has 0 unspecified atom stereocenters. The van der Waals surface area contributed by atoms with Gasteiger partial charge in [0, 0.05) is 57.1 Å². The van der Waals surface area contributed by atoms with Gasteiger partial charge in [0.05, 0.1) is 4.92 Å². The Hall–Kier alpha value is -1.66. The first-order chi connectivity index (χ1) is 9.15. The van der Waals surface area contributed by atoms with Crippen molar-refractivity contribution in [1.29, 1.82) is 0 Å². The van der Waals surface area contributed by atoms with Crippen LogP contribution in [-0.4, -0.2) is 61.0 Å². The molecule has 1 aromatic rings. The number of rotatable bonds is 5. The van der Waals surface area contributed by atoms with Crippen LogP contribution in [0.5, 0.6) is 0 Å². The van der Waals surface area contributed by atoms with Crippen LogP contribution in [0.15, 0.2) is 24.3 Å². The molecule has 6 heteroatoms. The van der Waals surface area contributed by atoms with Crippen molar-refractivity contribution in [3.63, 3.8) is 0 Å². The van der Waals surface area contributed by atoms with Crippen LogP contribution in [0, 0.1) is 10.1 Å². The van der Waals surface area contributed by atoms with Crippen LogP contribution in [0.25, 0.3) is 0 Å². The van der Waals surface area contributed by atoms with Gasteiger partial charge in [0.1, 0.15) is 0 Å². The maximum Gasteiger partial charge on any atom is 0.271 e. The van der Waals surface area contributed by atoms with Gasteiger partial charge >= 0.3 is 0 Å². The Bertz CT molecular complexity index is 430. The number of nitrogens with zero attached hydrogens (tertiary/aromatic N) is 3. The first-order valence-corrected chi connectivity index (χ1v) is 6.54.